The summed E-state index contributed by atoms with van der Waals surface area (Å²) in [6, 6.07) is 4.16. The van der Waals surface area contributed by atoms with Gasteiger partial charge in [0.2, 0.25) is 0 Å². The van der Waals surface area contributed by atoms with Gasteiger partial charge in [-0.05, 0) is 38.1 Å². The number of urea groups is 1. The molecule has 122 valence electrons. The van der Waals surface area contributed by atoms with Gasteiger partial charge < -0.3 is 14.6 Å². The van der Waals surface area contributed by atoms with Crippen molar-refractivity contribution < 1.29 is 9.21 Å². The Balaban J connectivity index is 1.58. The van der Waals surface area contributed by atoms with Gasteiger partial charge in [0.25, 0.3) is 0 Å². The maximum Gasteiger partial charge on any atom is 0.317 e. The smallest absolute Gasteiger partial charge is 0.317 e. The van der Waals surface area contributed by atoms with Crippen LogP contribution < -0.4 is 5.32 Å². The monoisotopic (exact) mass is 323 g/mol. The average molecular weight is 323 g/mol. The molecule has 0 aromatic carbocycles. The lowest BCUT2D eigenvalue weighted by Crippen LogP contribution is -2.47. The maximum absolute atomic E-state index is 12.3. The van der Waals surface area contributed by atoms with Crippen LogP contribution in [-0.2, 0) is 0 Å². The molecule has 0 bridgehead atoms. The van der Waals surface area contributed by atoms with Gasteiger partial charge in [-0.25, -0.2) is 4.79 Å². The second-order valence-corrected chi connectivity index (χ2v) is 7.14. The molecule has 3 heterocycles. The molecule has 1 unspecified atom stereocenters. The highest BCUT2D eigenvalue weighted by molar-refractivity contribution is 7.99. The number of carbonyl (C=O) groups is 1. The fraction of sp³-hybridized carbons (Fsp3) is 0.688. The number of piperidine rings is 1. The van der Waals surface area contributed by atoms with Gasteiger partial charge in [0.15, 0.2) is 0 Å². The Bertz CT molecular complexity index is 454. The molecule has 1 atom stereocenters. The van der Waals surface area contributed by atoms with Crippen LogP contribution in [0.3, 0.4) is 0 Å². The third kappa shape index (κ3) is 3.98. The molecule has 3 rings (SSSR count). The lowest BCUT2D eigenvalue weighted by atomic mass is 10.1. The number of hydrogen-bond donors (Lipinski definition) is 1. The number of thioether (sulfide) groups is 1. The van der Waals surface area contributed by atoms with Crippen LogP contribution in [0.4, 0.5) is 4.79 Å². The summed E-state index contributed by atoms with van der Waals surface area (Å²) in [5.74, 6) is 3.04. The Morgan fingerprint density at radius 2 is 2.00 bits per heavy atom. The van der Waals surface area contributed by atoms with Crippen molar-refractivity contribution >= 4 is 17.8 Å². The molecule has 2 aliphatic heterocycles. The minimum Gasteiger partial charge on any atom is -0.468 e. The average Bonchev–Trinajstić information content (AvgIpc) is 3.11. The van der Waals surface area contributed by atoms with Crippen molar-refractivity contribution in [2.24, 2.45) is 0 Å². The molecule has 1 aromatic heterocycles. The number of furan rings is 1. The summed E-state index contributed by atoms with van der Waals surface area (Å²) >= 11 is 1.92. The van der Waals surface area contributed by atoms with E-state index in [4.69, 9.17) is 4.42 Å². The molecule has 2 amide bonds. The van der Waals surface area contributed by atoms with Crippen molar-refractivity contribution in [1.82, 2.24) is 15.1 Å². The number of likely N-dealkylation sites (tertiary alicyclic amines) is 1. The van der Waals surface area contributed by atoms with E-state index in [1.165, 1.54) is 19.3 Å². The molecule has 0 radical (unpaired) electrons. The lowest BCUT2D eigenvalue weighted by molar-refractivity contribution is 0.140. The standard InChI is InChI=1S/C16H25N3O2S/c20-16(19-8-11-22-12-9-19)17-13-14(15-5-4-10-21-15)18-6-2-1-3-7-18/h4-5,10,14H,1-3,6-9,11-13H2,(H,17,20). The van der Waals surface area contributed by atoms with Gasteiger partial charge in [-0.2, -0.15) is 11.8 Å². The van der Waals surface area contributed by atoms with Crippen LogP contribution in [0.1, 0.15) is 31.1 Å². The topological polar surface area (TPSA) is 48.7 Å². The van der Waals surface area contributed by atoms with Crippen LogP contribution in [0.5, 0.6) is 0 Å². The number of nitrogens with zero attached hydrogens (tertiary/aromatic N) is 2. The molecule has 2 aliphatic rings. The fourth-order valence-electron chi connectivity index (χ4n) is 3.18. The number of nitrogens with one attached hydrogen (secondary N) is 1. The van der Waals surface area contributed by atoms with Crippen LogP contribution in [0.2, 0.25) is 0 Å². The number of rotatable bonds is 4. The Hall–Kier alpha value is -1.14. The Labute approximate surface area is 136 Å². The molecule has 2 fully saturated rings. The van der Waals surface area contributed by atoms with E-state index in [1.54, 1.807) is 6.26 Å². The first kappa shape index (κ1) is 15.7. The molecule has 1 aromatic rings. The summed E-state index contributed by atoms with van der Waals surface area (Å²) in [5, 5.41) is 3.11. The second-order valence-electron chi connectivity index (χ2n) is 5.91. The van der Waals surface area contributed by atoms with Crippen molar-refractivity contribution in [3.05, 3.63) is 24.2 Å². The molecule has 22 heavy (non-hydrogen) atoms. The van der Waals surface area contributed by atoms with Crippen molar-refractivity contribution in [3.8, 4) is 0 Å². The van der Waals surface area contributed by atoms with Gasteiger partial charge in [0, 0.05) is 31.1 Å². The fourth-order valence-corrected chi connectivity index (χ4v) is 4.09. The molecule has 2 saturated heterocycles. The molecule has 1 N–H and O–H groups in total. The summed E-state index contributed by atoms with van der Waals surface area (Å²) in [7, 11) is 0. The van der Waals surface area contributed by atoms with Crippen molar-refractivity contribution in [2.45, 2.75) is 25.3 Å². The zero-order valence-corrected chi connectivity index (χ0v) is 13.8. The summed E-state index contributed by atoms with van der Waals surface area (Å²) in [6.45, 7) is 4.50. The van der Waals surface area contributed by atoms with Crippen LogP contribution in [0, 0.1) is 0 Å². The molecule has 0 saturated carbocycles. The van der Waals surface area contributed by atoms with Crippen molar-refractivity contribution in [3.63, 3.8) is 0 Å². The first-order valence-electron chi connectivity index (χ1n) is 8.22. The van der Waals surface area contributed by atoms with E-state index in [2.05, 4.69) is 10.2 Å². The molecule has 0 spiro atoms. The van der Waals surface area contributed by atoms with Gasteiger partial charge in [-0.15, -0.1) is 0 Å². The molecule has 6 heteroatoms. The molecular formula is C16H25N3O2S. The highest BCUT2D eigenvalue weighted by atomic mass is 32.2. The Morgan fingerprint density at radius 1 is 1.23 bits per heavy atom. The molecular weight excluding hydrogens is 298 g/mol. The van der Waals surface area contributed by atoms with E-state index in [-0.39, 0.29) is 12.1 Å². The first-order valence-corrected chi connectivity index (χ1v) is 9.38. The number of amides is 2. The van der Waals surface area contributed by atoms with Gasteiger partial charge in [-0.1, -0.05) is 6.42 Å². The van der Waals surface area contributed by atoms with Gasteiger partial charge in [0.1, 0.15) is 5.76 Å². The molecule has 5 nitrogen and oxygen atoms in total. The van der Waals surface area contributed by atoms with E-state index in [9.17, 15) is 4.79 Å². The van der Waals surface area contributed by atoms with E-state index >= 15 is 0 Å². The van der Waals surface area contributed by atoms with E-state index in [0.29, 0.717) is 6.54 Å². The Morgan fingerprint density at radius 3 is 2.68 bits per heavy atom. The van der Waals surface area contributed by atoms with Gasteiger partial charge in [0.05, 0.1) is 12.3 Å². The summed E-state index contributed by atoms with van der Waals surface area (Å²) in [4.78, 5) is 16.7. The molecule has 0 aliphatic carbocycles. The van der Waals surface area contributed by atoms with Crippen LogP contribution in [-0.4, -0.2) is 60.1 Å². The van der Waals surface area contributed by atoms with Gasteiger partial charge >= 0.3 is 6.03 Å². The summed E-state index contributed by atoms with van der Waals surface area (Å²) in [6.07, 6.45) is 5.48. The van der Waals surface area contributed by atoms with Crippen LogP contribution >= 0.6 is 11.8 Å². The largest absolute Gasteiger partial charge is 0.468 e. The zero-order chi connectivity index (χ0) is 15.2. The summed E-state index contributed by atoms with van der Waals surface area (Å²) < 4.78 is 5.62. The van der Waals surface area contributed by atoms with Gasteiger partial charge in [-0.3, -0.25) is 4.90 Å². The quantitative estimate of drug-likeness (QED) is 0.925. The van der Waals surface area contributed by atoms with E-state index in [1.807, 2.05) is 28.8 Å². The predicted molar refractivity (Wildman–Crippen MR) is 89.2 cm³/mol. The first-order chi connectivity index (χ1) is 10.8. The van der Waals surface area contributed by atoms with Crippen LogP contribution in [0.15, 0.2) is 22.8 Å². The highest BCUT2D eigenvalue weighted by Gasteiger charge is 2.26. The maximum atomic E-state index is 12.3. The SMILES string of the molecule is O=C(NCC(c1ccco1)N1CCCCC1)N1CCSCC1. The van der Waals surface area contributed by atoms with Crippen LogP contribution in [0.25, 0.3) is 0 Å². The lowest BCUT2D eigenvalue weighted by Gasteiger charge is -2.34. The third-order valence-electron chi connectivity index (χ3n) is 4.45. The minimum atomic E-state index is 0.0638. The normalized spacial score (nSPS) is 21.5. The predicted octanol–water partition coefficient (Wildman–Crippen LogP) is 2.57. The minimum absolute atomic E-state index is 0.0638. The summed E-state index contributed by atoms with van der Waals surface area (Å²) in [5.41, 5.74) is 0. The number of hydrogen-bond acceptors (Lipinski definition) is 4. The van der Waals surface area contributed by atoms with E-state index < -0.39 is 0 Å². The van der Waals surface area contributed by atoms with Crippen molar-refractivity contribution in [1.29, 1.82) is 0 Å². The third-order valence-corrected chi connectivity index (χ3v) is 5.39. The zero-order valence-electron chi connectivity index (χ0n) is 13.0. The highest BCUT2D eigenvalue weighted by Crippen LogP contribution is 2.24. The van der Waals surface area contributed by atoms with E-state index in [0.717, 1.165) is 43.4 Å². The van der Waals surface area contributed by atoms with Crippen molar-refractivity contribution in [2.75, 3.05) is 44.2 Å². The Kier molecular flexibility index (Phi) is 5.67. The number of carbonyl (C=O) groups excluding carboxylic acids is 1. The second kappa shape index (κ2) is 7.92.